The van der Waals surface area contributed by atoms with Crippen LogP contribution in [0.5, 0.6) is 0 Å². The molecule has 2 fully saturated rings. The zero-order valence-electron chi connectivity index (χ0n) is 20.6. The summed E-state index contributed by atoms with van der Waals surface area (Å²) < 4.78 is 11.6. The smallest absolute Gasteiger partial charge is 0.414 e. The van der Waals surface area contributed by atoms with Gasteiger partial charge in [-0.15, -0.1) is 0 Å². The van der Waals surface area contributed by atoms with Crippen LogP contribution in [0.4, 0.5) is 16.2 Å². The van der Waals surface area contributed by atoms with Crippen LogP contribution in [0.1, 0.15) is 24.5 Å². The van der Waals surface area contributed by atoms with Crippen molar-refractivity contribution in [2.45, 2.75) is 50.2 Å². The second kappa shape index (κ2) is 9.15. The zero-order chi connectivity index (χ0) is 25.8. The number of aliphatic hydroxyl groups is 1. The minimum absolute atomic E-state index is 0.0916. The van der Waals surface area contributed by atoms with Gasteiger partial charge in [0.2, 0.25) is 0 Å². The predicted octanol–water partition coefficient (Wildman–Crippen LogP) is 4.02. The van der Waals surface area contributed by atoms with E-state index in [4.69, 9.17) is 21.1 Å². The zero-order valence-corrected chi connectivity index (χ0v) is 22.4. The van der Waals surface area contributed by atoms with Crippen molar-refractivity contribution in [1.82, 2.24) is 0 Å². The lowest BCUT2D eigenvalue weighted by Gasteiger charge is -2.32. The van der Waals surface area contributed by atoms with Crippen LogP contribution >= 0.6 is 11.6 Å². The Bertz CT molecular complexity index is 1190. The van der Waals surface area contributed by atoms with Crippen LogP contribution in [0, 0.1) is 5.92 Å². The van der Waals surface area contributed by atoms with E-state index in [9.17, 15) is 19.5 Å². The molecule has 8 nitrogen and oxygen atoms in total. The molecule has 5 rings (SSSR count). The Labute approximate surface area is 216 Å². The molecule has 0 aliphatic carbocycles. The average molecular weight is 531 g/mol. The molecule has 192 valence electrons. The minimum Gasteiger partial charge on any atom is -0.447 e. The van der Waals surface area contributed by atoms with Gasteiger partial charge in [-0.3, -0.25) is 9.69 Å². The number of cyclic esters (lactones) is 1. The van der Waals surface area contributed by atoms with Crippen molar-refractivity contribution in [1.29, 1.82) is 0 Å². The van der Waals surface area contributed by atoms with Gasteiger partial charge >= 0.3 is 6.09 Å². The Kier molecular flexibility index (Phi) is 6.41. The SMILES string of the molecule is C[C@@H]1[C@@H]([Si](C)(C)O)[C@H](CCO)O[C@@]12C(=O)N(Cc1ccc(N3CCOC3=O)cc1)c1ccc(Cl)cc12. The fourth-order valence-electron chi connectivity index (χ4n) is 6.20. The maximum Gasteiger partial charge on any atom is 0.414 e. The number of amides is 2. The molecule has 0 bridgehead atoms. The van der Waals surface area contributed by atoms with Crippen LogP contribution in [-0.2, 0) is 26.4 Å². The van der Waals surface area contributed by atoms with Gasteiger partial charge in [0.25, 0.3) is 5.91 Å². The number of carbonyl (C=O) groups is 2. The van der Waals surface area contributed by atoms with Crippen molar-refractivity contribution >= 4 is 43.3 Å². The molecule has 2 saturated heterocycles. The van der Waals surface area contributed by atoms with Crippen LogP contribution in [-0.4, -0.2) is 56.1 Å². The van der Waals surface area contributed by atoms with Crippen molar-refractivity contribution in [3.63, 3.8) is 0 Å². The van der Waals surface area contributed by atoms with Crippen molar-refractivity contribution < 1.29 is 29.0 Å². The highest BCUT2D eigenvalue weighted by Gasteiger charge is 2.66. The lowest BCUT2D eigenvalue weighted by Crippen LogP contribution is -2.46. The average Bonchev–Trinajstić information content (AvgIpc) is 3.44. The first-order valence-corrected chi connectivity index (χ1v) is 15.6. The molecule has 1 spiro atoms. The van der Waals surface area contributed by atoms with Gasteiger partial charge in [0.15, 0.2) is 13.9 Å². The van der Waals surface area contributed by atoms with E-state index in [2.05, 4.69) is 0 Å². The number of aliphatic hydroxyl groups excluding tert-OH is 1. The Morgan fingerprint density at radius 3 is 2.50 bits per heavy atom. The van der Waals surface area contributed by atoms with Gasteiger partial charge in [-0.1, -0.05) is 30.7 Å². The fraction of sp³-hybridized carbons (Fsp3) is 0.462. The predicted molar refractivity (Wildman–Crippen MR) is 139 cm³/mol. The van der Waals surface area contributed by atoms with Gasteiger partial charge < -0.3 is 24.3 Å². The highest BCUT2D eigenvalue weighted by atomic mass is 35.5. The molecule has 36 heavy (non-hydrogen) atoms. The molecule has 2 aromatic rings. The number of halogens is 1. The summed E-state index contributed by atoms with van der Waals surface area (Å²) in [5, 5.41) is 10.2. The lowest BCUT2D eigenvalue weighted by atomic mass is 9.82. The van der Waals surface area contributed by atoms with Gasteiger partial charge in [-0.2, -0.15) is 0 Å². The van der Waals surface area contributed by atoms with Crippen molar-refractivity contribution in [3.05, 3.63) is 58.6 Å². The van der Waals surface area contributed by atoms with Crippen molar-refractivity contribution in [2.24, 2.45) is 5.92 Å². The molecular formula is C26H31ClN2O6Si. The Morgan fingerprint density at radius 2 is 1.89 bits per heavy atom. The van der Waals surface area contributed by atoms with Crippen LogP contribution in [0.3, 0.4) is 0 Å². The summed E-state index contributed by atoms with van der Waals surface area (Å²) in [6.45, 7) is 6.77. The van der Waals surface area contributed by atoms with E-state index < -0.39 is 20.0 Å². The first kappa shape index (κ1) is 25.2. The molecule has 4 atom stereocenters. The van der Waals surface area contributed by atoms with Crippen LogP contribution in [0.15, 0.2) is 42.5 Å². The number of nitrogens with zero attached hydrogens (tertiary/aromatic N) is 2. The second-order valence-corrected chi connectivity index (χ2v) is 14.8. The first-order valence-electron chi connectivity index (χ1n) is 12.2. The van der Waals surface area contributed by atoms with E-state index in [1.54, 1.807) is 21.9 Å². The fourth-order valence-corrected chi connectivity index (χ4v) is 8.97. The molecule has 2 N–H and O–H groups in total. The number of benzene rings is 2. The summed E-state index contributed by atoms with van der Waals surface area (Å²) >= 11 is 6.40. The number of rotatable bonds is 6. The van der Waals surface area contributed by atoms with Gasteiger partial charge in [0.05, 0.1) is 24.9 Å². The maximum atomic E-state index is 14.2. The monoisotopic (exact) mass is 530 g/mol. The number of carbonyl (C=O) groups excluding carboxylic acids is 2. The van der Waals surface area contributed by atoms with E-state index in [1.807, 2.05) is 50.3 Å². The van der Waals surface area contributed by atoms with Gasteiger partial charge in [-0.05, 0) is 55.4 Å². The third-order valence-corrected chi connectivity index (χ3v) is 10.4. The molecule has 0 unspecified atom stereocenters. The van der Waals surface area contributed by atoms with Crippen molar-refractivity contribution in [3.8, 4) is 0 Å². The molecule has 3 heterocycles. The quantitative estimate of drug-likeness (QED) is 0.547. The van der Waals surface area contributed by atoms with Gasteiger partial charge in [-0.25, -0.2) is 4.79 Å². The number of ether oxygens (including phenoxy) is 2. The van der Waals surface area contributed by atoms with E-state index in [0.717, 1.165) is 16.9 Å². The Hall–Kier alpha value is -2.43. The maximum absolute atomic E-state index is 14.2. The molecule has 0 radical (unpaired) electrons. The molecule has 2 aromatic carbocycles. The summed E-state index contributed by atoms with van der Waals surface area (Å²) in [5.41, 5.74) is 1.55. The Morgan fingerprint density at radius 1 is 1.17 bits per heavy atom. The standard InChI is InChI=1S/C26H31ClN2O6Si/c1-16-23(36(2,3)33)22(10-12-30)35-26(16)20-14-18(27)6-9-21(20)29(24(26)31)15-17-4-7-19(8-5-17)28-11-13-34-25(28)32/h4-9,14,16,22-23,30,33H,10-13,15H2,1-3H3/t16-,22+,23-,26+/m1/s1. The summed E-state index contributed by atoms with van der Waals surface area (Å²) in [5.74, 6) is -0.498. The second-order valence-electron chi connectivity index (χ2n) is 10.4. The molecule has 3 aliphatic heterocycles. The number of hydrogen-bond acceptors (Lipinski definition) is 6. The number of hydrogen-bond donors (Lipinski definition) is 2. The lowest BCUT2D eigenvalue weighted by molar-refractivity contribution is -0.146. The van der Waals surface area contributed by atoms with E-state index in [1.165, 1.54) is 0 Å². The van der Waals surface area contributed by atoms with E-state index in [-0.39, 0.29) is 30.1 Å². The van der Waals surface area contributed by atoms with E-state index in [0.29, 0.717) is 36.7 Å². The summed E-state index contributed by atoms with van der Waals surface area (Å²) in [4.78, 5) is 40.5. The minimum atomic E-state index is -2.75. The number of fused-ring (bicyclic) bond motifs is 2. The topological polar surface area (TPSA) is 99.5 Å². The summed E-state index contributed by atoms with van der Waals surface area (Å²) in [7, 11) is -2.75. The van der Waals surface area contributed by atoms with Gasteiger partial charge in [0, 0.05) is 34.3 Å². The third-order valence-electron chi connectivity index (χ3n) is 7.71. The highest BCUT2D eigenvalue weighted by Crippen LogP contribution is 2.60. The van der Waals surface area contributed by atoms with Crippen LogP contribution < -0.4 is 9.80 Å². The van der Waals surface area contributed by atoms with E-state index >= 15 is 0 Å². The van der Waals surface area contributed by atoms with Crippen LogP contribution in [0.25, 0.3) is 0 Å². The molecule has 2 amide bonds. The molecule has 3 aliphatic rings. The Balaban J connectivity index is 1.50. The molecule has 0 aromatic heterocycles. The number of anilines is 2. The molecule has 0 saturated carbocycles. The van der Waals surface area contributed by atoms with Gasteiger partial charge in [0.1, 0.15) is 6.61 Å². The molecular weight excluding hydrogens is 500 g/mol. The largest absolute Gasteiger partial charge is 0.447 e. The van der Waals surface area contributed by atoms with Crippen molar-refractivity contribution in [2.75, 3.05) is 29.6 Å². The normalized spacial score (nSPS) is 27.8. The molecule has 10 heteroatoms. The third kappa shape index (κ3) is 3.94. The first-order chi connectivity index (χ1) is 17.1. The highest BCUT2D eigenvalue weighted by molar-refractivity contribution is 6.71. The van der Waals surface area contributed by atoms with Crippen LogP contribution in [0.2, 0.25) is 23.7 Å². The summed E-state index contributed by atoms with van der Waals surface area (Å²) in [6, 6.07) is 12.9. The summed E-state index contributed by atoms with van der Waals surface area (Å²) in [6.07, 6.45) is -0.455.